The summed E-state index contributed by atoms with van der Waals surface area (Å²) in [6.07, 6.45) is 0.385. The third-order valence-electron chi connectivity index (χ3n) is 3.06. The second kappa shape index (κ2) is 5.89. The molecule has 5 nitrogen and oxygen atoms in total. The second-order valence-corrected chi connectivity index (χ2v) is 6.40. The first-order valence-electron chi connectivity index (χ1n) is 6.88. The van der Waals surface area contributed by atoms with Crippen LogP contribution in [0.25, 0.3) is 11.0 Å². The second-order valence-electron chi connectivity index (χ2n) is 6.01. The summed E-state index contributed by atoms with van der Waals surface area (Å²) in [6, 6.07) is 5.73. The molecule has 1 aromatic carbocycles. The van der Waals surface area contributed by atoms with Gasteiger partial charge in [0.25, 0.3) is 0 Å². The van der Waals surface area contributed by atoms with Crippen LogP contribution in [-0.2, 0) is 11.3 Å². The number of imidazole rings is 1. The molecule has 21 heavy (non-hydrogen) atoms. The summed E-state index contributed by atoms with van der Waals surface area (Å²) >= 11 is 5.33. The van der Waals surface area contributed by atoms with E-state index in [9.17, 15) is 4.79 Å². The van der Waals surface area contributed by atoms with Crippen LogP contribution in [-0.4, -0.2) is 28.1 Å². The van der Waals surface area contributed by atoms with Gasteiger partial charge < -0.3 is 19.6 Å². The van der Waals surface area contributed by atoms with Crippen LogP contribution in [0.5, 0.6) is 5.75 Å². The average molecular weight is 307 g/mol. The third kappa shape index (κ3) is 3.85. The number of hydrogen-bond donors (Lipinski definition) is 2. The van der Waals surface area contributed by atoms with Crippen LogP contribution in [0, 0.1) is 4.77 Å². The van der Waals surface area contributed by atoms with E-state index in [0.29, 0.717) is 17.7 Å². The Balaban J connectivity index is 2.20. The Morgan fingerprint density at radius 1 is 1.43 bits per heavy atom. The van der Waals surface area contributed by atoms with Gasteiger partial charge in [-0.25, -0.2) is 0 Å². The van der Waals surface area contributed by atoms with Gasteiger partial charge in [-0.05, 0) is 45.1 Å². The van der Waals surface area contributed by atoms with Crippen LogP contribution in [0.1, 0.15) is 27.2 Å². The van der Waals surface area contributed by atoms with Crippen molar-refractivity contribution in [2.24, 2.45) is 0 Å². The van der Waals surface area contributed by atoms with Crippen LogP contribution < -0.4 is 10.1 Å². The normalized spacial score (nSPS) is 11.6. The van der Waals surface area contributed by atoms with Crippen molar-refractivity contribution in [3.8, 4) is 5.75 Å². The van der Waals surface area contributed by atoms with Crippen molar-refractivity contribution in [2.75, 3.05) is 7.11 Å². The maximum atomic E-state index is 11.9. The molecular formula is C15H21N3O2S. The fourth-order valence-corrected chi connectivity index (χ4v) is 2.48. The minimum atomic E-state index is -0.220. The van der Waals surface area contributed by atoms with E-state index in [1.54, 1.807) is 7.11 Å². The molecule has 1 heterocycles. The van der Waals surface area contributed by atoms with Crippen LogP contribution in [0.4, 0.5) is 0 Å². The molecule has 0 unspecified atom stereocenters. The molecule has 0 aliphatic carbocycles. The molecule has 2 N–H and O–H groups in total. The molecule has 0 spiro atoms. The highest BCUT2D eigenvalue weighted by molar-refractivity contribution is 7.71. The van der Waals surface area contributed by atoms with Gasteiger partial charge in [-0.1, -0.05) is 0 Å². The lowest BCUT2D eigenvalue weighted by Gasteiger charge is -2.20. The summed E-state index contributed by atoms with van der Waals surface area (Å²) in [7, 11) is 1.63. The van der Waals surface area contributed by atoms with E-state index in [2.05, 4.69) is 10.3 Å². The Kier molecular flexibility index (Phi) is 4.37. The molecule has 0 aliphatic rings. The Morgan fingerprint density at radius 3 is 2.76 bits per heavy atom. The van der Waals surface area contributed by atoms with Crippen LogP contribution in [0.3, 0.4) is 0 Å². The molecule has 0 bridgehead atoms. The first-order chi connectivity index (χ1) is 9.80. The quantitative estimate of drug-likeness (QED) is 0.854. The fourth-order valence-electron chi connectivity index (χ4n) is 2.18. The average Bonchev–Trinajstić information content (AvgIpc) is 2.69. The van der Waals surface area contributed by atoms with E-state index < -0.39 is 0 Å². The largest absolute Gasteiger partial charge is 0.497 e. The molecular weight excluding hydrogens is 286 g/mol. The molecule has 6 heteroatoms. The lowest BCUT2D eigenvalue weighted by Crippen LogP contribution is -2.40. The Labute approximate surface area is 129 Å². The first kappa shape index (κ1) is 15.6. The highest BCUT2D eigenvalue weighted by atomic mass is 32.1. The SMILES string of the molecule is COc1ccc2[nH]c(=S)n(CCC(=O)NC(C)(C)C)c2c1. The topological polar surface area (TPSA) is 59.0 Å². The minimum Gasteiger partial charge on any atom is -0.497 e. The Morgan fingerprint density at radius 2 is 2.14 bits per heavy atom. The van der Waals surface area contributed by atoms with E-state index >= 15 is 0 Å². The van der Waals surface area contributed by atoms with E-state index in [1.807, 2.05) is 43.5 Å². The summed E-state index contributed by atoms with van der Waals surface area (Å²) in [5.41, 5.74) is 1.67. The molecule has 0 radical (unpaired) electrons. The lowest BCUT2D eigenvalue weighted by molar-refractivity contribution is -0.122. The molecule has 0 aliphatic heterocycles. The smallest absolute Gasteiger partial charge is 0.222 e. The predicted molar refractivity (Wildman–Crippen MR) is 86.2 cm³/mol. The number of carbonyl (C=O) groups excluding carboxylic acids is 1. The van der Waals surface area contributed by atoms with Crippen molar-refractivity contribution < 1.29 is 9.53 Å². The molecule has 1 amide bonds. The van der Waals surface area contributed by atoms with Crippen LogP contribution >= 0.6 is 12.2 Å². The Hall–Kier alpha value is -1.82. The van der Waals surface area contributed by atoms with Crippen LogP contribution in [0.15, 0.2) is 18.2 Å². The number of rotatable bonds is 4. The fraction of sp³-hybridized carbons (Fsp3) is 0.467. The van der Waals surface area contributed by atoms with Crippen molar-refractivity contribution in [2.45, 2.75) is 39.3 Å². The number of hydrogen-bond acceptors (Lipinski definition) is 3. The van der Waals surface area contributed by atoms with Gasteiger partial charge in [0.15, 0.2) is 4.77 Å². The highest BCUT2D eigenvalue weighted by Crippen LogP contribution is 2.21. The number of benzene rings is 1. The van der Waals surface area contributed by atoms with E-state index in [0.717, 1.165) is 16.8 Å². The number of ether oxygens (including phenoxy) is 1. The van der Waals surface area contributed by atoms with Gasteiger partial charge in [0.2, 0.25) is 5.91 Å². The third-order valence-corrected chi connectivity index (χ3v) is 3.38. The van der Waals surface area contributed by atoms with Gasteiger partial charge in [-0.15, -0.1) is 0 Å². The van der Waals surface area contributed by atoms with E-state index in [1.165, 1.54) is 0 Å². The number of nitrogens with one attached hydrogen (secondary N) is 2. The number of H-pyrrole nitrogens is 1. The highest BCUT2D eigenvalue weighted by Gasteiger charge is 2.14. The number of carbonyl (C=O) groups is 1. The van der Waals surface area contributed by atoms with E-state index in [-0.39, 0.29) is 11.4 Å². The van der Waals surface area contributed by atoms with Gasteiger partial charge in [0.1, 0.15) is 5.75 Å². The van der Waals surface area contributed by atoms with Crippen LogP contribution in [0.2, 0.25) is 0 Å². The number of methoxy groups -OCH3 is 1. The number of aromatic nitrogens is 2. The zero-order chi connectivity index (χ0) is 15.6. The molecule has 2 aromatic rings. The zero-order valence-corrected chi connectivity index (χ0v) is 13.6. The molecule has 0 atom stereocenters. The number of aryl methyl sites for hydroxylation is 1. The van der Waals surface area contributed by atoms with Gasteiger partial charge in [-0.2, -0.15) is 0 Å². The molecule has 114 valence electrons. The minimum absolute atomic E-state index is 0.0154. The molecule has 2 rings (SSSR count). The maximum absolute atomic E-state index is 11.9. The van der Waals surface area contributed by atoms with Crippen molar-refractivity contribution in [1.82, 2.24) is 14.9 Å². The summed E-state index contributed by atoms with van der Waals surface area (Å²) in [5.74, 6) is 0.783. The first-order valence-corrected chi connectivity index (χ1v) is 7.28. The monoisotopic (exact) mass is 307 g/mol. The molecule has 1 aromatic heterocycles. The van der Waals surface area contributed by atoms with Gasteiger partial charge in [0.05, 0.1) is 18.1 Å². The number of aromatic amines is 1. The molecule has 0 saturated heterocycles. The summed E-state index contributed by atoms with van der Waals surface area (Å²) in [6.45, 7) is 6.43. The number of nitrogens with zero attached hydrogens (tertiary/aromatic N) is 1. The number of amides is 1. The predicted octanol–water partition coefficient (Wildman–Crippen LogP) is 3.01. The van der Waals surface area contributed by atoms with Crippen molar-refractivity contribution in [1.29, 1.82) is 0 Å². The van der Waals surface area contributed by atoms with Crippen molar-refractivity contribution >= 4 is 29.2 Å². The molecule has 0 fully saturated rings. The molecule has 0 saturated carbocycles. The number of fused-ring (bicyclic) bond motifs is 1. The van der Waals surface area contributed by atoms with Crippen molar-refractivity contribution in [3.63, 3.8) is 0 Å². The zero-order valence-electron chi connectivity index (χ0n) is 12.8. The van der Waals surface area contributed by atoms with Gasteiger partial charge >= 0.3 is 0 Å². The van der Waals surface area contributed by atoms with Gasteiger partial charge in [-0.3, -0.25) is 4.79 Å². The summed E-state index contributed by atoms with van der Waals surface area (Å²) in [4.78, 5) is 15.1. The van der Waals surface area contributed by atoms with E-state index in [4.69, 9.17) is 17.0 Å². The maximum Gasteiger partial charge on any atom is 0.222 e. The standard InChI is InChI=1S/C15H21N3O2S/c1-15(2,3)17-13(19)7-8-18-12-9-10(20-4)5-6-11(12)16-14(18)21/h5-6,9H,7-8H2,1-4H3,(H,16,21)(H,17,19). The summed E-state index contributed by atoms with van der Waals surface area (Å²) < 4.78 is 7.78. The summed E-state index contributed by atoms with van der Waals surface area (Å²) in [5, 5.41) is 2.95. The Bertz CT molecular complexity index is 710. The van der Waals surface area contributed by atoms with Crippen molar-refractivity contribution in [3.05, 3.63) is 23.0 Å². The van der Waals surface area contributed by atoms with Gasteiger partial charge in [0, 0.05) is 24.6 Å². The lowest BCUT2D eigenvalue weighted by atomic mass is 10.1.